The number of nitrogens with two attached hydrogens (primary N) is 1. The van der Waals surface area contributed by atoms with Gasteiger partial charge in [0.15, 0.2) is 0 Å². The molecular weight excluding hydrogens is 128 g/mol. The smallest absolute Gasteiger partial charge is 0.271 e. The van der Waals surface area contributed by atoms with Gasteiger partial charge >= 0.3 is 0 Å². The highest BCUT2D eigenvalue weighted by molar-refractivity contribution is 5.36. The van der Waals surface area contributed by atoms with Crippen LogP contribution in [0.15, 0.2) is 17.1 Å². The SMILES string of the molecule is CCc1c[nH]c(=O)c(N)c1. The van der Waals surface area contributed by atoms with Crippen molar-refractivity contribution in [1.82, 2.24) is 4.98 Å². The fourth-order valence-corrected chi connectivity index (χ4v) is 0.753. The van der Waals surface area contributed by atoms with Crippen LogP contribution in [0.1, 0.15) is 12.5 Å². The van der Waals surface area contributed by atoms with Crippen molar-refractivity contribution in [3.05, 3.63) is 28.2 Å². The molecule has 54 valence electrons. The Hall–Kier alpha value is -1.25. The quantitative estimate of drug-likeness (QED) is 0.594. The molecule has 0 spiro atoms. The lowest BCUT2D eigenvalue weighted by molar-refractivity contribution is 1.09. The Kier molecular flexibility index (Phi) is 1.76. The van der Waals surface area contributed by atoms with Gasteiger partial charge in [0.25, 0.3) is 5.56 Å². The third-order valence-electron chi connectivity index (χ3n) is 1.40. The largest absolute Gasteiger partial charge is 0.394 e. The Labute approximate surface area is 58.9 Å². The van der Waals surface area contributed by atoms with E-state index in [4.69, 9.17) is 5.73 Å². The van der Waals surface area contributed by atoms with Crippen LogP contribution in [-0.2, 0) is 6.42 Å². The van der Waals surface area contributed by atoms with Gasteiger partial charge in [0, 0.05) is 6.20 Å². The topological polar surface area (TPSA) is 58.9 Å². The minimum absolute atomic E-state index is 0.211. The van der Waals surface area contributed by atoms with Crippen LogP contribution in [0, 0.1) is 0 Å². The number of anilines is 1. The summed E-state index contributed by atoms with van der Waals surface area (Å²) in [5, 5.41) is 0. The van der Waals surface area contributed by atoms with Gasteiger partial charge in [-0.25, -0.2) is 0 Å². The van der Waals surface area contributed by atoms with Gasteiger partial charge in [-0.3, -0.25) is 4.79 Å². The maximum absolute atomic E-state index is 10.7. The third-order valence-corrected chi connectivity index (χ3v) is 1.40. The number of nitrogens with one attached hydrogen (secondary N) is 1. The van der Waals surface area contributed by atoms with Crippen molar-refractivity contribution < 1.29 is 0 Å². The molecule has 10 heavy (non-hydrogen) atoms. The Balaban J connectivity index is 3.17. The van der Waals surface area contributed by atoms with Crippen LogP contribution < -0.4 is 11.3 Å². The van der Waals surface area contributed by atoms with Crippen molar-refractivity contribution >= 4 is 5.69 Å². The Morgan fingerprint density at radius 2 is 2.40 bits per heavy atom. The number of rotatable bonds is 1. The zero-order valence-corrected chi connectivity index (χ0v) is 5.85. The lowest BCUT2D eigenvalue weighted by Crippen LogP contribution is -2.11. The molecule has 0 radical (unpaired) electrons. The van der Waals surface area contributed by atoms with Gasteiger partial charge in [-0.1, -0.05) is 6.92 Å². The predicted molar refractivity (Wildman–Crippen MR) is 40.9 cm³/mol. The minimum atomic E-state index is -0.211. The second-order valence-electron chi connectivity index (χ2n) is 2.15. The fourth-order valence-electron chi connectivity index (χ4n) is 0.753. The number of aryl methyl sites for hydroxylation is 1. The van der Waals surface area contributed by atoms with E-state index in [0.29, 0.717) is 5.69 Å². The summed E-state index contributed by atoms with van der Waals surface area (Å²) in [5.41, 5.74) is 6.49. The molecule has 0 aliphatic rings. The van der Waals surface area contributed by atoms with Gasteiger partial charge in [-0.2, -0.15) is 0 Å². The first-order chi connectivity index (χ1) is 4.74. The number of hydrogen-bond acceptors (Lipinski definition) is 2. The summed E-state index contributed by atoms with van der Waals surface area (Å²) in [4.78, 5) is 13.2. The number of hydrogen-bond donors (Lipinski definition) is 2. The number of H-pyrrole nitrogens is 1. The van der Waals surface area contributed by atoms with E-state index in [1.807, 2.05) is 6.92 Å². The lowest BCUT2D eigenvalue weighted by Gasteiger charge is -1.95. The van der Waals surface area contributed by atoms with E-state index in [-0.39, 0.29) is 5.56 Å². The summed E-state index contributed by atoms with van der Waals surface area (Å²) >= 11 is 0. The van der Waals surface area contributed by atoms with Gasteiger partial charge in [0.2, 0.25) is 0 Å². The van der Waals surface area contributed by atoms with Crippen LogP contribution in [0.25, 0.3) is 0 Å². The molecule has 3 heteroatoms. The molecule has 1 heterocycles. The van der Waals surface area contributed by atoms with Crippen molar-refractivity contribution in [3.8, 4) is 0 Å². The summed E-state index contributed by atoms with van der Waals surface area (Å²) < 4.78 is 0. The van der Waals surface area contributed by atoms with Gasteiger partial charge < -0.3 is 10.7 Å². The molecule has 1 rings (SSSR count). The Morgan fingerprint density at radius 1 is 1.70 bits per heavy atom. The maximum Gasteiger partial charge on any atom is 0.271 e. The molecule has 0 aliphatic carbocycles. The summed E-state index contributed by atoms with van der Waals surface area (Å²) in [6.07, 6.45) is 2.57. The summed E-state index contributed by atoms with van der Waals surface area (Å²) in [6, 6.07) is 1.69. The molecule has 1 aromatic rings. The van der Waals surface area contributed by atoms with E-state index < -0.39 is 0 Å². The summed E-state index contributed by atoms with van der Waals surface area (Å²) in [7, 11) is 0. The maximum atomic E-state index is 10.7. The van der Waals surface area contributed by atoms with E-state index in [9.17, 15) is 4.79 Å². The molecule has 0 saturated carbocycles. The number of nitrogen functional groups attached to an aromatic ring is 1. The van der Waals surface area contributed by atoms with Crippen molar-refractivity contribution in [3.63, 3.8) is 0 Å². The minimum Gasteiger partial charge on any atom is -0.394 e. The average Bonchev–Trinajstić information content (AvgIpc) is 1.95. The average molecular weight is 138 g/mol. The van der Waals surface area contributed by atoms with Crippen molar-refractivity contribution in [2.45, 2.75) is 13.3 Å². The highest BCUT2D eigenvalue weighted by Crippen LogP contribution is 1.98. The highest BCUT2D eigenvalue weighted by atomic mass is 16.1. The van der Waals surface area contributed by atoms with E-state index in [1.165, 1.54) is 0 Å². The predicted octanol–water partition coefficient (Wildman–Crippen LogP) is 0.520. The molecule has 3 N–H and O–H groups in total. The third kappa shape index (κ3) is 1.18. The number of aromatic amines is 1. The first-order valence-electron chi connectivity index (χ1n) is 3.21. The first kappa shape index (κ1) is 6.86. The zero-order chi connectivity index (χ0) is 7.56. The monoisotopic (exact) mass is 138 g/mol. The zero-order valence-electron chi connectivity index (χ0n) is 5.85. The van der Waals surface area contributed by atoms with E-state index in [2.05, 4.69) is 4.98 Å². The summed E-state index contributed by atoms with van der Waals surface area (Å²) in [5.74, 6) is 0. The molecule has 0 unspecified atom stereocenters. The number of aromatic nitrogens is 1. The fraction of sp³-hybridized carbons (Fsp3) is 0.286. The Bertz CT molecular complexity index is 277. The molecule has 0 bridgehead atoms. The molecule has 0 amide bonds. The molecule has 0 saturated heterocycles. The van der Waals surface area contributed by atoms with Crippen LogP contribution in [0.2, 0.25) is 0 Å². The summed E-state index contributed by atoms with van der Waals surface area (Å²) in [6.45, 7) is 2.01. The molecule has 0 atom stereocenters. The normalized spacial score (nSPS) is 9.70. The molecule has 0 fully saturated rings. The van der Waals surface area contributed by atoms with Crippen molar-refractivity contribution in [2.75, 3.05) is 5.73 Å². The molecule has 1 aromatic heterocycles. The second kappa shape index (κ2) is 2.56. The van der Waals surface area contributed by atoms with E-state index in [1.54, 1.807) is 12.3 Å². The second-order valence-corrected chi connectivity index (χ2v) is 2.15. The van der Waals surface area contributed by atoms with Crippen molar-refractivity contribution in [1.29, 1.82) is 0 Å². The highest BCUT2D eigenvalue weighted by Gasteiger charge is 1.93. The number of pyridine rings is 1. The van der Waals surface area contributed by atoms with Crippen LogP contribution >= 0.6 is 0 Å². The molecule has 0 aromatic carbocycles. The molecule has 0 aliphatic heterocycles. The van der Waals surface area contributed by atoms with E-state index >= 15 is 0 Å². The Morgan fingerprint density at radius 3 is 2.90 bits per heavy atom. The van der Waals surface area contributed by atoms with Gasteiger partial charge in [0.1, 0.15) is 0 Å². The van der Waals surface area contributed by atoms with Gasteiger partial charge in [-0.15, -0.1) is 0 Å². The van der Waals surface area contributed by atoms with E-state index in [0.717, 1.165) is 12.0 Å². The van der Waals surface area contributed by atoms with Crippen LogP contribution in [0.3, 0.4) is 0 Å². The van der Waals surface area contributed by atoms with Gasteiger partial charge in [-0.05, 0) is 18.1 Å². The van der Waals surface area contributed by atoms with Crippen molar-refractivity contribution in [2.24, 2.45) is 0 Å². The van der Waals surface area contributed by atoms with Crippen LogP contribution in [-0.4, -0.2) is 4.98 Å². The lowest BCUT2D eigenvalue weighted by atomic mass is 10.2. The first-order valence-corrected chi connectivity index (χ1v) is 3.21. The molecule has 3 nitrogen and oxygen atoms in total. The van der Waals surface area contributed by atoms with Crippen LogP contribution in [0.4, 0.5) is 5.69 Å². The standard InChI is InChI=1S/C7H10N2O/c1-2-5-3-6(8)7(10)9-4-5/h3-4H,2,8H2,1H3,(H,9,10). The van der Waals surface area contributed by atoms with Gasteiger partial charge in [0.05, 0.1) is 5.69 Å². The molecular formula is C7H10N2O. The van der Waals surface area contributed by atoms with Crippen LogP contribution in [0.5, 0.6) is 0 Å².